The van der Waals surface area contributed by atoms with Crippen LogP contribution in [-0.4, -0.2) is 42.6 Å². The molecule has 6 heteroatoms. The van der Waals surface area contributed by atoms with Gasteiger partial charge in [0.15, 0.2) is 0 Å². The number of nitrogens with zero attached hydrogens (tertiary/aromatic N) is 2. The van der Waals surface area contributed by atoms with E-state index in [1.165, 1.54) is 23.1 Å². The van der Waals surface area contributed by atoms with Gasteiger partial charge in [0.25, 0.3) is 0 Å². The Balaban J connectivity index is 1.34. The van der Waals surface area contributed by atoms with Gasteiger partial charge in [0, 0.05) is 36.3 Å². The first-order valence-electron chi connectivity index (χ1n) is 11.5. The zero-order valence-electron chi connectivity index (χ0n) is 18.9. The number of fused-ring (bicyclic) bond motifs is 1. The Morgan fingerprint density at radius 3 is 2.79 bits per heavy atom. The quantitative estimate of drug-likeness (QED) is 0.625. The summed E-state index contributed by atoms with van der Waals surface area (Å²) in [6.45, 7) is 3.12. The molecule has 0 bridgehead atoms. The zero-order valence-corrected chi connectivity index (χ0v) is 18.9. The van der Waals surface area contributed by atoms with Crippen LogP contribution in [0.15, 0.2) is 54.6 Å². The lowest BCUT2D eigenvalue weighted by atomic mass is 10.0. The molecule has 5 rings (SSSR count). The molecular weight excluding hydrogens is 414 g/mol. The van der Waals surface area contributed by atoms with E-state index in [4.69, 9.17) is 20.2 Å². The van der Waals surface area contributed by atoms with Crippen LogP contribution in [0.25, 0.3) is 11.3 Å². The van der Waals surface area contributed by atoms with Crippen molar-refractivity contribution in [3.05, 3.63) is 82.5 Å². The third-order valence-electron chi connectivity index (χ3n) is 6.58. The first kappa shape index (κ1) is 21.6. The SMILES string of the molecule is COc1cc2c(cc1CN1CCO[C@@H](c3cccc(-c4cccc(C(N)=O)c4)n3)C1)CCC2. The normalized spacial score (nSPS) is 18.2. The number of rotatable bonds is 6. The van der Waals surface area contributed by atoms with E-state index in [-0.39, 0.29) is 6.10 Å². The standard InChI is InChI=1S/C27H29N3O3/c1-32-25-15-19-6-2-5-18(19)13-22(25)16-30-11-12-33-26(17-30)24-10-4-9-23(29-24)20-7-3-8-21(14-20)27(28)31/h3-4,7-10,13-15,26H,2,5-6,11-12,16-17H2,1H3,(H2,28,31)/t26-/m1/s1. The summed E-state index contributed by atoms with van der Waals surface area (Å²) in [6.07, 6.45) is 3.42. The zero-order chi connectivity index (χ0) is 22.8. The number of morpholine rings is 1. The molecular formula is C27H29N3O3. The fourth-order valence-corrected chi connectivity index (χ4v) is 4.86. The van der Waals surface area contributed by atoms with Gasteiger partial charge in [-0.15, -0.1) is 0 Å². The number of methoxy groups -OCH3 is 1. The van der Waals surface area contributed by atoms with Crippen molar-refractivity contribution in [2.45, 2.75) is 31.9 Å². The fraction of sp³-hybridized carbons (Fsp3) is 0.333. The van der Waals surface area contributed by atoms with Crippen molar-refractivity contribution >= 4 is 5.91 Å². The lowest BCUT2D eigenvalue weighted by Gasteiger charge is -2.33. The number of amides is 1. The minimum absolute atomic E-state index is 0.113. The monoisotopic (exact) mass is 443 g/mol. The molecule has 0 radical (unpaired) electrons. The number of ether oxygens (including phenoxy) is 2. The summed E-state index contributed by atoms with van der Waals surface area (Å²) < 4.78 is 11.8. The van der Waals surface area contributed by atoms with Crippen LogP contribution in [0.4, 0.5) is 0 Å². The minimum atomic E-state index is -0.443. The molecule has 2 heterocycles. The Hall–Kier alpha value is -3.22. The van der Waals surface area contributed by atoms with Gasteiger partial charge in [-0.25, -0.2) is 0 Å². The van der Waals surface area contributed by atoms with E-state index in [9.17, 15) is 4.79 Å². The molecule has 2 aliphatic rings. The second-order valence-electron chi connectivity index (χ2n) is 8.77. The average molecular weight is 444 g/mol. The Labute approximate surface area is 194 Å². The lowest BCUT2D eigenvalue weighted by molar-refractivity contribution is -0.0351. The highest BCUT2D eigenvalue weighted by atomic mass is 16.5. The molecule has 1 saturated heterocycles. The van der Waals surface area contributed by atoms with Gasteiger partial charge in [-0.1, -0.05) is 24.3 Å². The van der Waals surface area contributed by atoms with Gasteiger partial charge in [-0.3, -0.25) is 14.7 Å². The highest BCUT2D eigenvalue weighted by Crippen LogP contribution is 2.32. The second-order valence-corrected chi connectivity index (χ2v) is 8.77. The maximum atomic E-state index is 11.6. The van der Waals surface area contributed by atoms with Crippen molar-refractivity contribution in [3.8, 4) is 17.0 Å². The number of carbonyl (C=O) groups excluding carboxylic acids is 1. The topological polar surface area (TPSA) is 77.7 Å². The van der Waals surface area contributed by atoms with Crippen LogP contribution >= 0.6 is 0 Å². The molecule has 1 aliphatic heterocycles. The molecule has 0 unspecified atom stereocenters. The third-order valence-corrected chi connectivity index (χ3v) is 6.58. The highest BCUT2D eigenvalue weighted by Gasteiger charge is 2.25. The molecule has 170 valence electrons. The van der Waals surface area contributed by atoms with Gasteiger partial charge in [-0.2, -0.15) is 0 Å². The molecule has 1 atom stereocenters. The molecule has 1 fully saturated rings. The van der Waals surface area contributed by atoms with Gasteiger partial charge >= 0.3 is 0 Å². The van der Waals surface area contributed by atoms with Crippen LogP contribution < -0.4 is 10.5 Å². The van der Waals surface area contributed by atoms with Crippen LogP contribution in [-0.2, 0) is 24.1 Å². The maximum absolute atomic E-state index is 11.6. The summed E-state index contributed by atoms with van der Waals surface area (Å²) in [6, 6.07) is 17.7. The number of nitrogens with two attached hydrogens (primary N) is 1. The fourth-order valence-electron chi connectivity index (χ4n) is 4.86. The van der Waals surface area contributed by atoms with Crippen LogP contribution in [0.1, 0.15) is 45.3 Å². The highest BCUT2D eigenvalue weighted by molar-refractivity contribution is 5.94. The van der Waals surface area contributed by atoms with E-state index in [2.05, 4.69) is 17.0 Å². The summed E-state index contributed by atoms with van der Waals surface area (Å²) >= 11 is 0. The number of hydrogen-bond donors (Lipinski definition) is 1. The minimum Gasteiger partial charge on any atom is -0.496 e. The number of aromatic nitrogens is 1. The van der Waals surface area contributed by atoms with Crippen molar-refractivity contribution in [3.63, 3.8) is 0 Å². The first-order valence-corrected chi connectivity index (χ1v) is 11.5. The third kappa shape index (κ3) is 4.63. The van der Waals surface area contributed by atoms with E-state index >= 15 is 0 Å². The van der Waals surface area contributed by atoms with E-state index in [0.29, 0.717) is 12.2 Å². The van der Waals surface area contributed by atoms with E-state index in [1.54, 1.807) is 19.2 Å². The Bertz CT molecular complexity index is 1180. The molecule has 1 aromatic heterocycles. The van der Waals surface area contributed by atoms with Crippen molar-refractivity contribution in [1.29, 1.82) is 0 Å². The van der Waals surface area contributed by atoms with Crippen molar-refractivity contribution in [2.24, 2.45) is 5.73 Å². The van der Waals surface area contributed by atoms with Crippen LogP contribution in [0.3, 0.4) is 0 Å². The summed E-state index contributed by atoms with van der Waals surface area (Å²) in [5, 5.41) is 0. The average Bonchev–Trinajstić information content (AvgIpc) is 3.31. The van der Waals surface area contributed by atoms with Gasteiger partial charge < -0.3 is 15.2 Å². The second kappa shape index (κ2) is 9.33. The predicted octanol–water partition coefficient (Wildman–Crippen LogP) is 3.92. The number of hydrogen-bond acceptors (Lipinski definition) is 5. The van der Waals surface area contributed by atoms with Crippen LogP contribution in [0, 0.1) is 0 Å². The lowest BCUT2D eigenvalue weighted by Crippen LogP contribution is -2.38. The number of aryl methyl sites for hydroxylation is 2. The number of benzene rings is 2. The molecule has 1 aliphatic carbocycles. The molecule has 3 aromatic rings. The maximum Gasteiger partial charge on any atom is 0.248 e. The van der Waals surface area contributed by atoms with Gasteiger partial charge in [0.1, 0.15) is 11.9 Å². The first-order chi connectivity index (χ1) is 16.1. The molecule has 2 N–H and O–H groups in total. The molecule has 6 nitrogen and oxygen atoms in total. The number of carbonyl (C=O) groups is 1. The largest absolute Gasteiger partial charge is 0.496 e. The Morgan fingerprint density at radius 1 is 1.15 bits per heavy atom. The van der Waals surface area contributed by atoms with Crippen molar-refractivity contribution in [2.75, 3.05) is 26.8 Å². The van der Waals surface area contributed by atoms with E-state index in [0.717, 1.165) is 55.2 Å². The Morgan fingerprint density at radius 2 is 1.97 bits per heavy atom. The van der Waals surface area contributed by atoms with Crippen LogP contribution in [0.2, 0.25) is 0 Å². The molecule has 2 aromatic carbocycles. The van der Waals surface area contributed by atoms with Crippen molar-refractivity contribution < 1.29 is 14.3 Å². The van der Waals surface area contributed by atoms with Gasteiger partial charge in [0.2, 0.25) is 5.91 Å². The van der Waals surface area contributed by atoms with E-state index < -0.39 is 5.91 Å². The predicted molar refractivity (Wildman–Crippen MR) is 127 cm³/mol. The smallest absolute Gasteiger partial charge is 0.248 e. The summed E-state index contributed by atoms with van der Waals surface area (Å²) in [4.78, 5) is 18.8. The molecule has 1 amide bonds. The molecule has 33 heavy (non-hydrogen) atoms. The number of primary amides is 1. The Kier molecular flexibility index (Phi) is 6.11. The van der Waals surface area contributed by atoms with Gasteiger partial charge in [0.05, 0.1) is 25.1 Å². The summed E-state index contributed by atoms with van der Waals surface area (Å²) in [5.41, 5.74) is 12.6. The summed E-state index contributed by atoms with van der Waals surface area (Å²) in [5.74, 6) is 0.536. The van der Waals surface area contributed by atoms with Crippen LogP contribution in [0.5, 0.6) is 5.75 Å². The molecule has 0 spiro atoms. The molecule has 0 saturated carbocycles. The van der Waals surface area contributed by atoms with Crippen molar-refractivity contribution in [1.82, 2.24) is 9.88 Å². The number of pyridine rings is 1. The summed E-state index contributed by atoms with van der Waals surface area (Å²) in [7, 11) is 1.75. The van der Waals surface area contributed by atoms with E-state index in [1.807, 2.05) is 30.3 Å². The van der Waals surface area contributed by atoms with Gasteiger partial charge in [-0.05, 0) is 60.7 Å².